The molecular weight excluding hydrogens is 356 g/mol. The average Bonchev–Trinajstić information content (AvgIpc) is 3.09. The highest BCUT2D eigenvalue weighted by molar-refractivity contribution is 5.85. The van der Waals surface area contributed by atoms with Crippen LogP contribution in [0.2, 0.25) is 0 Å². The lowest BCUT2D eigenvalue weighted by Crippen LogP contribution is -2.32. The summed E-state index contributed by atoms with van der Waals surface area (Å²) in [5.74, 6) is 0.831. The van der Waals surface area contributed by atoms with Crippen LogP contribution in [0.5, 0.6) is 0 Å². The van der Waals surface area contributed by atoms with Crippen molar-refractivity contribution in [3.63, 3.8) is 0 Å². The minimum absolute atomic E-state index is 0. The average molecular weight is 377 g/mol. The van der Waals surface area contributed by atoms with E-state index in [1.165, 1.54) is 0 Å². The number of hydrazine groups is 1. The van der Waals surface area contributed by atoms with E-state index < -0.39 is 0 Å². The monoisotopic (exact) mass is 376 g/mol. The van der Waals surface area contributed by atoms with Crippen LogP contribution in [0.4, 0.5) is 11.4 Å². The summed E-state index contributed by atoms with van der Waals surface area (Å²) in [7, 11) is 0. The molecule has 3 aromatic carbocycles. The minimum atomic E-state index is 0. The first-order chi connectivity index (χ1) is 12.8. The summed E-state index contributed by atoms with van der Waals surface area (Å²) in [6.45, 7) is 2.03. The lowest BCUT2D eigenvalue weighted by molar-refractivity contribution is 0.833. The molecule has 0 saturated heterocycles. The third-order valence-electron chi connectivity index (χ3n) is 4.08. The highest BCUT2D eigenvalue weighted by Gasteiger charge is 2.09. The molecule has 0 aliphatic carbocycles. The summed E-state index contributed by atoms with van der Waals surface area (Å²) in [6, 6.07) is 28.5. The van der Waals surface area contributed by atoms with Crippen LogP contribution in [0, 0.1) is 0 Å². The SMILES string of the molecule is CC(=Cc1nc2ccccc2[nH]1)NN(c1ccccc1)c1ccccc1.Cl. The normalized spacial score (nSPS) is 11.1. The number of hydrogen-bond acceptors (Lipinski definition) is 3. The largest absolute Gasteiger partial charge is 0.338 e. The smallest absolute Gasteiger partial charge is 0.132 e. The van der Waals surface area contributed by atoms with Crippen molar-refractivity contribution in [1.29, 1.82) is 0 Å². The van der Waals surface area contributed by atoms with Crippen LogP contribution in [0.25, 0.3) is 17.1 Å². The fourth-order valence-corrected chi connectivity index (χ4v) is 2.89. The molecule has 4 nitrogen and oxygen atoms in total. The van der Waals surface area contributed by atoms with Crippen molar-refractivity contribution in [3.05, 3.63) is 96.5 Å². The molecule has 0 unspecified atom stereocenters. The zero-order valence-corrected chi connectivity index (χ0v) is 15.8. The van der Waals surface area contributed by atoms with Gasteiger partial charge in [0.2, 0.25) is 0 Å². The van der Waals surface area contributed by atoms with Crippen LogP contribution >= 0.6 is 12.4 Å². The second kappa shape index (κ2) is 8.43. The highest BCUT2D eigenvalue weighted by atomic mass is 35.5. The van der Waals surface area contributed by atoms with Gasteiger partial charge in [0.05, 0.1) is 22.4 Å². The summed E-state index contributed by atoms with van der Waals surface area (Å²) >= 11 is 0. The van der Waals surface area contributed by atoms with Gasteiger partial charge < -0.3 is 4.98 Å². The minimum Gasteiger partial charge on any atom is -0.338 e. The van der Waals surface area contributed by atoms with Crippen LogP contribution in [-0.4, -0.2) is 9.97 Å². The summed E-state index contributed by atoms with van der Waals surface area (Å²) in [4.78, 5) is 7.95. The number of rotatable bonds is 5. The van der Waals surface area contributed by atoms with Gasteiger partial charge >= 0.3 is 0 Å². The number of benzene rings is 3. The Morgan fingerprint density at radius 1 is 0.852 bits per heavy atom. The maximum atomic E-state index is 4.62. The summed E-state index contributed by atoms with van der Waals surface area (Å²) in [6.07, 6.45) is 2.01. The van der Waals surface area contributed by atoms with Crippen LogP contribution < -0.4 is 10.4 Å². The van der Waals surface area contributed by atoms with Crippen LogP contribution in [-0.2, 0) is 0 Å². The number of halogens is 1. The van der Waals surface area contributed by atoms with E-state index >= 15 is 0 Å². The number of imidazole rings is 1. The van der Waals surface area contributed by atoms with E-state index in [1.54, 1.807) is 0 Å². The molecule has 4 rings (SSSR count). The molecule has 0 atom stereocenters. The van der Waals surface area contributed by atoms with Crippen molar-refractivity contribution < 1.29 is 0 Å². The zero-order valence-electron chi connectivity index (χ0n) is 15.0. The third-order valence-corrected chi connectivity index (χ3v) is 4.08. The number of aromatic nitrogens is 2. The van der Waals surface area contributed by atoms with E-state index in [9.17, 15) is 0 Å². The summed E-state index contributed by atoms with van der Waals surface area (Å²) in [5, 5.41) is 2.06. The fraction of sp³-hybridized carbons (Fsp3) is 0.0455. The first-order valence-corrected chi connectivity index (χ1v) is 8.59. The number of nitrogens with one attached hydrogen (secondary N) is 2. The molecule has 0 bridgehead atoms. The number of hydrogen-bond donors (Lipinski definition) is 2. The Hall–Kier alpha value is -3.24. The Labute approximate surface area is 164 Å². The number of anilines is 2. The Morgan fingerprint density at radius 2 is 1.41 bits per heavy atom. The molecule has 0 aliphatic heterocycles. The Kier molecular flexibility index (Phi) is 5.79. The van der Waals surface area contributed by atoms with E-state index in [0.717, 1.165) is 33.9 Å². The summed E-state index contributed by atoms with van der Waals surface area (Å²) < 4.78 is 0. The van der Waals surface area contributed by atoms with Crippen molar-refractivity contribution in [2.24, 2.45) is 0 Å². The number of fused-ring (bicyclic) bond motifs is 1. The molecule has 0 spiro atoms. The van der Waals surface area contributed by atoms with Gasteiger partial charge in [0.25, 0.3) is 0 Å². The second-order valence-corrected chi connectivity index (χ2v) is 6.08. The third kappa shape index (κ3) is 4.30. The van der Waals surface area contributed by atoms with Crippen molar-refractivity contribution >= 4 is 40.9 Å². The van der Waals surface area contributed by atoms with Gasteiger partial charge in [0.1, 0.15) is 5.82 Å². The molecular formula is C22H21ClN4. The predicted molar refractivity (Wildman–Crippen MR) is 115 cm³/mol. The van der Waals surface area contributed by atoms with E-state index in [-0.39, 0.29) is 12.4 Å². The van der Waals surface area contributed by atoms with Gasteiger partial charge in [-0.1, -0.05) is 48.5 Å². The van der Waals surface area contributed by atoms with E-state index in [0.29, 0.717) is 0 Å². The maximum Gasteiger partial charge on any atom is 0.132 e. The first-order valence-electron chi connectivity index (χ1n) is 8.59. The fourth-order valence-electron chi connectivity index (χ4n) is 2.89. The predicted octanol–water partition coefficient (Wildman–Crippen LogP) is 5.69. The topological polar surface area (TPSA) is 44.0 Å². The standard InChI is InChI=1S/C22H20N4.ClH/c1-17(16-22-23-20-14-8-9-15-21(20)24-22)25-26(18-10-4-2-5-11-18)19-12-6-3-7-13-19;/h2-16,25H,1H3,(H,23,24);1H. The van der Waals surface area contributed by atoms with E-state index in [4.69, 9.17) is 0 Å². The maximum absolute atomic E-state index is 4.62. The molecule has 0 amide bonds. The van der Waals surface area contributed by atoms with Gasteiger partial charge in [-0.05, 0) is 43.3 Å². The van der Waals surface area contributed by atoms with Gasteiger partial charge in [-0.25, -0.2) is 4.98 Å². The Balaban J connectivity index is 0.00000210. The Morgan fingerprint density at radius 3 is 2.00 bits per heavy atom. The molecule has 0 aliphatic rings. The van der Waals surface area contributed by atoms with Gasteiger partial charge in [-0.3, -0.25) is 10.4 Å². The van der Waals surface area contributed by atoms with Crippen molar-refractivity contribution in [1.82, 2.24) is 15.4 Å². The Bertz CT molecular complexity index is 953. The molecule has 0 radical (unpaired) electrons. The molecule has 4 aromatic rings. The van der Waals surface area contributed by atoms with Gasteiger partial charge in [-0.2, -0.15) is 0 Å². The second-order valence-electron chi connectivity index (χ2n) is 6.08. The quantitative estimate of drug-likeness (QED) is 0.440. The zero-order chi connectivity index (χ0) is 17.8. The van der Waals surface area contributed by atoms with Gasteiger partial charge in [0, 0.05) is 11.8 Å². The first kappa shape index (κ1) is 18.5. The van der Waals surface area contributed by atoms with Crippen molar-refractivity contribution in [3.8, 4) is 0 Å². The number of H-pyrrole nitrogens is 1. The van der Waals surface area contributed by atoms with Crippen LogP contribution in [0.3, 0.4) is 0 Å². The van der Waals surface area contributed by atoms with Crippen LogP contribution in [0.1, 0.15) is 12.7 Å². The van der Waals surface area contributed by atoms with Crippen molar-refractivity contribution in [2.75, 3.05) is 5.01 Å². The molecule has 2 N–H and O–H groups in total. The number of aromatic amines is 1. The van der Waals surface area contributed by atoms with Crippen molar-refractivity contribution in [2.45, 2.75) is 6.92 Å². The number of para-hydroxylation sites is 4. The lowest BCUT2D eigenvalue weighted by Gasteiger charge is -2.27. The van der Waals surface area contributed by atoms with Crippen LogP contribution in [0.15, 0.2) is 90.6 Å². The molecule has 27 heavy (non-hydrogen) atoms. The van der Waals surface area contributed by atoms with Gasteiger partial charge in [0.15, 0.2) is 0 Å². The van der Waals surface area contributed by atoms with E-state index in [1.807, 2.05) is 73.7 Å². The molecule has 136 valence electrons. The van der Waals surface area contributed by atoms with E-state index in [2.05, 4.69) is 44.7 Å². The molecule has 0 fully saturated rings. The lowest BCUT2D eigenvalue weighted by atomic mass is 10.2. The summed E-state index contributed by atoms with van der Waals surface area (Å²) in [5.41, 5.74) is 8.60. The highest BCUT2D eigenvalue weighted by Crippen LogP contribution is 2.23. The number of nitrogens with zero attached hydrogens (tertiary/aromatic N) is 2. The molecule has 1 heterocycles. The molecule has 1 aromatic heterocycles. The van der Waals surface area contributed by atoms with Gasteiger partial charge in [-0.15, -0.1) is 12.4 Å². The number of allylic oxidation sites excluding steroid dienone is 1. The molecule has 0 saturated carbocycles. The molecule has 5 heteroatoms.